The highest BCUT2D eigenvalue weighted by atomic mass is 127. The number of aliphatic imine (C=N–C) groups is 1. The molecule has 0 bridgehead atoms. The maximum atomic E-state index is 12.1. The normalized spacial score (nSPS) is 18.3. The number of alkyl halides is 1. The van der Waals surface area contributed by atoms with Crippen LogP contribution in [0.2, 0.25) is 0 Å². The highest BCUT2D eigenvalue weighted by Gasteiger charge is 2.25. The van der Waals surface area contributed by atoms with Crippen molar-refractivity contribution in [2.45, 2.75) is 43.6 Å². The molecular weight excluding hydrogens is 365 g/mol. The second kappa shape index (κ2) is 6.24. The number of halogens is 1. The molecule has 1 aliphatic rings. The van der Waals surface area contributed by atoms with Gasteiger partial charge in [-0.1, -0.05) is 34.7 Å². The number of aryl methyl sites for hydroxylation is 1. The minimum Gasteiger partial charge on any atom is -0.459 e. The molecule has 20 heavy (non-hydrogen) atoms. The summed E-state index contributed by atoms with van der Waals surface area (Å²) in [5.74, 6) is -0.423. The van der Waals surface area contributed by atoms with Crippen molar-refractivity contribution in [2.24, 2.45) is 10.9 Å². The molecule has 108 valence electrons. The Hall–Kier alpha value is -0.910. The zero-order valence-corrected chi connectivity index (χ0v) is 14.3. The van der Waals surface area contributed by atoms with Crippen LogP contribution in [0, 0.1) is 5.92 Å². The Morgan fingerprint density at radius 1 is 1.45 bits per heavy atom. The van der Waals surface area contributed by atoms with E-state index in [4.69, 9.17) is 4.74 Å². The van der Waals surface area contributed by atoms with Gasteiger partial charge in [-0.3, -0.25) is 9.79 Å². The third kappa shape index (κ3) is 4.04. The van der Waals surface area contributed by atoms with Gasteiger partial charge in [0.2, 0.25) is 0 Å². The van der Waals surface area contributed by atoms with Gasteiger partial charge < -0.3 is 4.74 Å². The van der Waals surface area contributed by atoms with Crippen LogP contribution in [0.5, 0.6) is 0 Å². The number of carbonyl (C=O) groups is 1. The van der Waals surface area contributed by atoms with Crippen molar-refractivity contribution in [3.05, 3.63) is 29.3 Å². The van der Waals surface area contributed by atoms with Crippen LogP contribution in [0.3, 0.4) is 0 Å². The van der Waals surface area contributed by atoms with Gasteiger partial charge in [0.1, 0.15) is 5.60 Å². The van der Waals surface area contributed by atoms with Crippen LogP contribution in [0.25, 0.3) is 0 Å². The second-order valence-corrected chi connectivity index (χ2v) is 6.82. The van der Waals surface area contributed by atoms with Gasteiger partial charge in [0.25, 0.3) is 0 Å². The molecule has 0 N–H and O–H groups in total. The Kier molecular flexibility index (Phi) is 4.83. The third-order valence-corrected chi connectivity index (χ3v) is 4.01. The van der Waals surface area contributed by atoms with E-state index >= 15 is 0 Å². The zero-order valence-electron chi connectivity index (χ0n) is 12.1. The van der Waals surface area contributed by atoms with Crippen molar-refractivity contribution in [3.8, 4) is 0 Å². The molecule has 1 heterocycles. The zero-order chi connectivity index (χ0) is 14.8. The van der Waals surface area contributed by atoms with Crippen LogP contribution in [0.4, 0.5) is 5.69 Å². The third-order valence-electron chi connectivity index (χ3n) is 3.13. The van der Waals surface area contributed by atoms with Crippen molar-refractivity contribution >= 4 is 40.5 Å². The highest BCUT2D eigenvalue weighted by molar-refractivity contribution is 14.1. The first-order valence-electron chi connectivity index (χ1n) is 6.84. The van der Waals surface area contributed by atoms with Gasteiger partial charge in [-0.25, -0.2) is 0 Å². The van der Waals surface area contributed by atoms with E-state index in [0.29, 0.717) is 0 Å². The Bertz CT molecular complexity index is 532. The molecular formula is C16H20INO2. The second-order valence-electron chi connectivity index (χ2n) is 6.05. The van der Waals surface area contributed by atoms with Crippen molar-refractivity contribution in [1.82, 2.24) is 0 Å². The van der Waals surface area contributed by atoms with E-state index in [0.717, 1.165) is 23.0 Å². The van der Waals surface area contributed by atoms with E-state index in [1.54, 1.807) is 6.21 Å². The molecule has 0 amide bonds. The summed E-state index contributed by atoms with van der Waals surface area (Å²) in [4.78, 5) is 16.6. The summed E-state index contributed by atoms with van der Waals surface area (Å²) in [5, 5.41) is 0. The van der Waals surface area contributed by atoms with E-state index in [2.05, 4.69) is 45.8 Å². The number of nitrogens with zero attached hydrogens (tertiary/aromatic N) is 1. The van der Waals surface area contributed by atoms with Gasteiger partial charge in [0.05, 0.1) is 11.6 Å². The lowest BCUT2D eigenvalue weighted by molar-refractivity contribution is -0.157. The molecule has 1 aliphatic heterocycles. The van der Waals surface area contributed by atoms with Gasteiger partial charge >= 0.3 is 5.97 Å². The fourth-order valence-corrected chi connectivity index (χ4v) is 2.61. The van der Waals surface area contributed by atoms with Crippen molar-refractivity contribution in [3.63, 3.8) is 0 Å². The molecule has 0 aliphatic carbocycles. The summed E-state index contributed by atoms with van der Waals surface area (Å²) in [5.41, 5.74) is 3.02. The number of hydrogen-bond donors (Lipinski definition) is 0. The molecule has 0 saturated heterocycles. The van der Waals surface area contributed by atoms with Gasteiger partial charge in [0.15, 0.2) is 0 Å². The van der Waals surface area contributed by atoms with Crippen molar-refractivity contribution in [1.29, 1.82) is 0 Å². The van der Waals surface area contributed by atoms with Gasteiger partial charge in [0, 0.05) is 10.6 Å². The highest BCUT2D eigenvalue weighted by Crippen LogP contribution is 2.28. The van der Waals surface area contributed by atoms with Gasteiger partial charge in [-0.15, -0.1) is 0 Å². The lowest BCUT2D eigenvalue weighted by Gasteiger charge is -2.21. The quantitative estimate of drug-likeness (QED) is 0.434. The Morgan fingerprint density at radius 3 is 2.85 bits per heavy atom. The maximum absolute atomic E-state index is 12.1. The van der Waals surface area contributed by atoms with E-state index < -0.39 is 5.60 Å². The maximum Gasteiger partial charge on any atom is 0.314 e. The molecule has 2 rings (SSSR count). The largest absolute Gasteiger partial charge is 0.459 e. The SMILES string of the molecule is CC(C)(C)OC(=O)[C@H]1C=Nc2cc(CI)ccc2CC1. The van der Waals surface area contributed by atoms with E-state index in [1.165, 1.54) is 11.1 Å². The lowest BCUT2D eigenvalue weighted by Crippen LogP contribution is -2.29. The van der Waals surface area contributed by atoms with Crippen LogP contribution in [-0.2, 0) is 20.4 Å². The molecule has 1 aromatic carbocycles. The number of fused-ring (bicyclic) bond motifs is 1. The Morgan fingerprint density at radius 2 is 2.20 bits per heavy atom. The molecule has 0 aromatic heterocycles. The summed E-state index contributed by atoms with van der Waals surface area (Å²) < 4.78 is 6.41. The molecule has 0 fully saturated rings. The Labute approximate surface area is 134 Å². The molecule has 0 unspecified atom stereocenters. The molecule has 1 atom stereocenters. The molecule has 0 radical (unpaired) electrons. The fourth-order valence-electron chi connectivity index (χ4n) is 2.14. The monoisotopic (exact) mass is 385 g/mol. The predicted octanol–water partition coefficient (Wildman–Crippen LogP) is 4.23. The molecule has 0 saturated carbocycles. The summed E-state index contributed by atoms with van der Waals surface area (Å²) in [6, 6.07) is 6.36. The number of carbonyl (C=O) groups excluding carboxylic acids is 1. The van der Waals surface area contributed by atoms with E-state index in [1.807, 2.05) is 20.8 Å². The number of benzene rings is 1. The van der Waals surface area contributed by atoms with Gasteiger partial charge in [-0.05, 0) is 50.8 Å². The predicted molar refractivity (Wildman–Crippen MR) is 90.0 cm³/mol. The first-order valence-corrected chi connectivity index (χ1v) is 8.36. The number of rotatable bonds is 2. The topological polar surface area (TPSA) is 38.7 Å². The number of ether oxygens (including phenoxy) is 1. The molecule has 4 heteroatoms. The standard InChI is InChI=1S/C16H20INO2/c1-16(2,3)20-15(19)13-7-6-12-5-4-11(9-17)8-14(12)18-10-13/h4-5,8,10,13H,6-7,9H2,1-3H3/t13-/m1/s1. The van der Waals surface area contributed by atoms with Gasteiger partial charge in [-0.2, -0.15) is 0 Å². The first kappa shape index (κ1) is 15.5. The summed E-state index contributed by atoms with van der Waals surface area (Å²) in [6.07, 6.45) is 3.37. The minimum absolute atomic E-state index is 0.178. The summed E-state index contributed by atoms with van der Waals surface area (Å²) in [7, 11) is 0. The summed E-state index contributed by atoms with van der Waals surface area (Å²) in [6.45, 7) is 5.67. The fraction of sp³-hybridized carbons (Fsp3) is 0.500. The van der Waals surface area contributed by atoms with Crippen LogP contribution in [-0.4, -0.2) is 17.8 Å². The van der Waals surface area contributed by atoms with Crippen molar-refractivity contribution in [2.75, 3.05) is 0 Å². The summed E-state index contributed by atoms with van der Waals surface area (Å²) >= 11 is 2.34. The molecule has 0 spiro atoms. The van der Waals surface area contributed by atoms with Crippen LogP contribution in [0.1, 0.15) is 38.3 Å². The van der Waals surface area contributed by atoms with E-state index in [-0.39, 0.29) is 11.9 Å². The lowest BCUT2D eigenvalue weighted by atomic mass is 10.00. The van der Waals surface area contributed by atoms with Crippen LogP contribution < -0.4 is 0 Å². The average Bonchev–Trinajstić information content (AvgIpc) is 2.58. The van der Waals surface area contributed by atoms with Crippen LogP contribution in [0.15, 0.2) is 23.2 Å². The first-order chi connectivity index (χ1) is 9.39. The smallest absolute Gasteiger partial charge is 0.314 e. The molecule has 1 aromatic rings. The minimum atomic E-state index is -0.446. The van der Waals surface area contributed by atoms with Crippen LogP contribution >= 0.6 is 22.6 Å². The van der Waals surface area contributed by atoms with Crippen molar-refractivity contribution < 1.29 is 9.53 Å². The van der Waals surface area contributed by atoms with E-state index in [9.17, 15) is 4.79 Å². The number of esters is 1. The number of hydrogen-bond acceptors (Lipinski definition) is 3. The average molecular weight is 385 g/mol. The molecule has 3 nitrogen and oxygen atoms in total. The Balaban J connectivity index is 2.14.